The van der Waals surface area contributed by atoms with Crippen molar-refractivity contribution >= 4 is 17.7 Å². The maximum absolute atomic E-state index is 11.3. The van der Waals surface area contributed by atoms with E-state index in [4.69, 9.17) is 5.73 Å². The SMILES string of the molecule is CCCCNC(=O)C(N)CCSC. The van der Waals surface area contributed by atoms with E-state index in [0.29, 0.717) is 0 Å². The van der Waals surface area contributed by atoms with Gasteiger partial charge in [0, 0.05) is 6.54 Å². The highest BCUT2D eigenvalue weighted by Gasteiger charge is 2.11. The molecule has 0 saturated carbocycles. The van der Waals surface area contributed by atoms with Crippen LogP contribution < -0.4 is 11.1 Å². The molecule has 0 aromatic heterocycles. The Bertz CT molecular complexity index is 142. The summed E-state index contributed by atoms with van der Waals surface area (Å²) < 4.78 is 0. The van der Waals surface area contributed by atoms with E-state index >= 15 is 0 Å². The molecule has 4 heteroatoms. The van der Waals surface area contributed by atoms with Crippen molar-refractivity contribution < 1.29 is 4.79 Å². The molecule has 0 spiro atoms. The lowest BCUT2D eigenvalue weighted by molar-refractivity contribution is -0.122. The molecule has 3 nitrogen and oxygen atoms in total. The Morgan fingerprint density at radius 2 is 2.31 bits per heavy atom. The lowest BCUT2D eigenvalue weighted by atomic mass is 10.2. The second-order valence-electron chi connectivity index (χ2n) is 3.03. The second-order valence-corrected chi connectivity index (χ2v) is 4.02. The van der Waals surface area contributed by atoms with E-state index in [-0.39, 0.29) is 11.9 Å². The topological polar surface area (TPSA) is 55.1 Å². The third-order valence-electron chi connectivity index (χ3n) is 1.80. The zero-order chi connectivity index (χ0) is 10.1. The predicted molar refractivity (Wildman–Crippen MR) is 58.9 cm³/mol. The summed E-state index contributed by atoms with van der Waals surface area (Å²) >= 11 is 1.72. The number of amides is 1. The first kappa shape index (κ1) is 12.8. The highest BCUT2D eigenvalue weighted by Crippen LogP contribution is 1.98. The molecule has 0 fully saturated rings. The van der Waals surface area contributed by atoms with Crippen LogP contribution in [0.4, 0.5) is 0 Å². The van der Waals surface area contributed by atoms with Crippen LogP contribution in [-0.2, 0) is 4.79 Å². The van der Waals surface area contributed by atoms with Crippen LogP contribution in [-0.4, -0.2) is 30.5 Å². The van der Waals surface area contributed by atoms with Gasteiger partial charge in [-0.25, -0.2) is 0 Å². The molecule has 78 valence electrons. The number of hydrogen-bond acceptors (Lipinski definition) is 3. The highest BCUT2D eigenvalue weighted by atomic mass is 32.2. The van der Waals surface area contributed by atoms with Crippen LogP contribution >= 0.6 is 11.8 Å². The summed E-state index contributed by atoms with van der Waals surface area (Å²) in [5.41, 5.74) is 5.66. The van der Waals surface area contributed by atoms with Crippen molar-refractivity contribution in [3.05, 3.63) is 0 Å². The third kappa shape index (κ3) is 6.90. The minimum atomic E-state index is -0.329. The average molecular weight is 204 g/mol. The quantitative estimate of drug-likeness (QED) is 0.608. The standard InChI is InChI=1S/C9H20N2OS/c1-3-4-6-11-9(12)8(10)5-7-13-2/h8H,3-7,10H2,1-2H3,(H,11,12). The van der Waals surface area contributed by atoms with Gasteiger partial charge in [0.25, 0.3) is 0 Å². The molecule has 1 atom stereocenters. The van der Waals surface area contributed by atoms with Crippen LogP contribution in [0, 0.1) is 0 Å². The van der Waals surface area contributed by atoms with E-state index < -0.39 is 0 Å². The summed E-state index contributed by atoms with van der Waals surface area (Å²) in [5, 5.41) is 2.82. The van der Waals surface area contributed by atoms with Gasteiger partial charge >= 0.3 is 0 Å². The van der Waals surface area contributed by atoms with E-state index in [0.717, 1.165) is 31.6 Å². The molecule has 0 heterocycles. The first-order valence-electron chi connectivity index (χ1n) is 4.74. The lowest BCUT2D eigenvalue weighted by Crippen LogP contribution is -2.41. The number of rotatable bonds is 7. The Morgan fingerprint density at radius 3 is 2.85 bits per heavy atom. The second kappa shape index (κ2) is 8.38. The van der Waals surface area contributed by atoms with Crippen LogP contribution in [0.3, 0.4) is 0 Å². The molecule has 13 heavy (non-hydrogen) atoms. The Hall–Kier alpha value is -0.220. The number of nitrogens with two attached hydrogens (primary N) is 1. The Morgan fingerprint density at radius 1 is 1.62 bits per heavy atom. The van der Waals surface area contributed by atoms with Gasteiger partial charge in [-0.2, -0.15) is 11.8 Å². The minimum Gasteiger partial charge on any atom is -0.355 e. The molecule has 0 radical (unpaired) electrons. The number of unbranched alkanes of at least 4 members (excludes halogenated alkanes) is 1. The number of thioether (sulfide) groups is 1. The minimum absolute atomic E-state index is 0.0116. The van der Waals surface area contributed by atoms with E-state index in [2.05, 4.69) is 12.2 Å². The molecule has 0 bridgehead atoms. The van der Waals surface area contributed by atoms with Crippen molar-refractivity contribution in [2.75, 3.05) is 18.6 Å². The number of nitrogens with one attached hydrogen (secondary N) is 1. The van der Waals surface area contributed by atoms with Crippen molar-refractivity contribution in [1.29, 1.82) is 0 Å². The smallest absolute Gasteiger partial charge is 0.236 e. The van der Waals surface area contributed by atoms with Crippen molar-refractivity contribution in [3.63, 3.8) is 0 Å². The van der Waals surface area contributed by atoms with Crippen molar-refractivity contribution in [2.45, 2.75) is 32.2 Å². The van der Waals surface area contributed by atoms with E-state index in [9.17, 15) is 4.79 Å². The summed E-state index contributed by atoms with van der Waals surface area (Å²) in [6, 6.07) is -0.329. The van der Waals surface area contributed by atoms with Crippen LogP contribution in [0.25, 0.3) is 0 Å². The summed E-state index contributed by atoms with van der Waals surface area (Å²) in [5.74, 6) is 0.935. The van der Waals surface area contributed by atoms with Gasteiger partial charge in [0.15, 0.2) is 0 Å². The normalized spacial score (nSPS) is 12.5. The van der Waals surface area contributed by atoms with E-state index in [1.807, 2.05) is 6.26 Å². The van der Waals surface area contributed by atoms with Crippen molar-refractivity contribution in [2.24, 2.45) is 5.73 Å². The largest absolute Gasteiger partial charge is 0.355 e. The molecule has 1 amide bonds. The molecule has 0 aromatic carbocycles. The van der Waals surface area contributed by atoms with Crippen molar-refractivity contribution in [3.8, 4) is 0 Å². The van der Waals surface area contributed by atoms with Gasteiger partial charge in [-0.3, -0.25) is 4.79 Å². The number of hydrogen-bond donors (Lipinski definition) is 2. The molecule has 0 aliphatic rings. The molecule has 0 rings (SSSR count). The van der Waals surface area contributed by atoms with Gasteiger partial charge in [0.2, 0.25) is 5.91 Å². The highest BCUT2D eigenvalue weighted by molar-refractivity contribution is 7.98. The Labute approximate surface area is 84.8 Å². The fourth-order valence-electron chi connectivity index (χ4n) is 0.895. The van der Waals surface area contributed by atoms with Crippen LogP contribution in [0.5, 0.6) is 0 Å². The average Bonchev–Trinajstić information content (AvgIpc) is 2.14. The fourth-order valence-corrected chi connectivity index (χ4v) is 1.39. The number of carbonyl (C=O) groups is 1. The van der Waals surface area contributed by atoms with Gasteiger partial charge < -0.3 is 11.1 Å². The molecule has 3 N–H and O–H groups in total. The third-order valence-corrected chi connectivity index (χ3v) is 2.44. The lowest BCUT2D eigenvalue weighted by Gasteiger charge is -2.10. The molecule has 0 aliphatic carbocycles. The first-order chi connectivity index (χ1) is 6.22. The monoisotopic (exact) mass is 204 g/mol. The summed E-state index contributed by atoms with van der Waals surface area (Å²) in [6.07, 6.45) is 4.90. The first-order valence-corrected chi connectivity index (χ1v) is 6.14. The van der Waals surface area contributed by atoms with Crippen LogP contribution in [0.2, 0.25) is 0 Å². The fraction of sp³-hybridized carbons (Fsp3) is 0.889. The van der Waals surface area contributed by atoms with E-state index in [1.165, 1.54) is 0 Å². The maximum atomic E-state index is 11.3. The molecular formula is C9H20N2OS. The van der Waals surface area contributed by atoms with Crippen LogP contribution in [0.15, 0.2) is 0 Å². The molecule has 0 aromatic rings. The predicted octanol–water partition coefficient (Wildman–Crippen LogP) is 0.983. The Kier molecular flexibility index (Phi) is 8.24. The number of carbonyl (C=O) groups excluding carboxylic acids is 1. The summed E-state index contributed by atoms with van der Waals surface area (Å²) in [7, 11) is 0. The molecule has 0 aliphatic heterocycles. The molecule has 1 unspecified atom stereocenters. The Balaban J connectivity index is 3.45. The van der Waals surface area contributed by atoms with Gasteiger partial charge in [-0.05, 0) is 24.9 Å². The van der Waals surface area contributed by atoms with E-state index in [1.54, 1.807) is 11.8 Å². The van der Waals surface area contributed by atoms with Gasteiger partial charge in [0.05, 0.1) is 6.04 Å². The van der Waals surface area contributed by atoms with Crippen molar-refractivity contribution in [1.82, 2.24) is 5.32 Å². The zero-order valence-corrected chi connectivity index (χ0v) is 9.32. The molecule has 0 saturated heterocycles. The summed E-state index contributed by atoms with van der Waals surface area (Å²) in [4.78, 5) is 11.3. The van der Waals surface area contributed by atoms with Gasteiger partial charge in [-0.1, -0.05) is 13.3 Å². The van der Waals surface area contributed by atoms with Gasteiger partial charge in [-0.15, -0.1) is 0 Å². The van der Waals surface area contributed by atoms with Gasteiger partial charge in [0.1, 0.15) is 0 Å². The molecular weight excluding hydrogens is 184 g/mol. The summed E-state index contributed by atoms with van der Waals surface area (Å²) in [6.45, 7) is 2.85. The van der Waals surface area contributed by atoms with Crippen LogP contribution in [0.1, 0.15) is 26.2 Å². The maximum Gasteiger partial charge on any atom is 0.236 e. The zero-order valence-electron chi connectivity index (χ0n) is 8.51.